The Morgan fingerprint density at radius 3 is 2.33 bits per heavy atom. The minimum Gasteiger partial charge on any atom is -0.350 e. The molecule has 90 valence electrons. The number of carbonyl (C=O) groups excluding carboxylic acids is 1. The first-order chi connectivity index (χ1) is 6.72. The van der Waals surface area contributed by atoms with Crippen molar-refractivity contribution in [3.63, 3.8) is 0 Å². The normalized spacial score (nSPS) is 12.5. The molecule has 0 aliphatic heterocycles. The van der Waals surface area contributed by atoms with Crippen LogP contribution in [0.2, 0.25) is 0 Å². The van der Waals surface area contributed by atoms with Gasteiger partial charge in [-0.05, 0) is 20.3 Å². The smallest absolute Gasteiger partial charge is 0.235 e. The van der Waals surface area contributed by atoms with Crippen LogP contribution in [0, 0.1) is 0 Å². The molecule has 0 heterocycles. The number of nitrogens with one attached hydrogen (secondary N) is 1. The van der Waals surface area contributed by atoms with Gasteiger partial charge < -0.3 is 11.1 Å². The molecule has 0 saturated heterocycles. The van der Waals surface area contributed by atoms with Gasteiger partial charge in [-0.2, -0.15) is 0 Å². The molecule has 0 spiro atoms. The van der Waals surface area contributed by atoms with Gasteiger partial charge in [0.1, 0.15) is 5.75 Å². The zero-order valence-electron chi connectivity index (χ0n) is 9.54. The van der Waals surface area contributed by atoms with Gasteiger partial charge in [-0.1, -0.05) is 6.92 Å². The van der Waals surface area contributed by atoms with Crippen molar-refractivity contribution in [2.45, 2.75) is 32.7 Å². The molecule has 0 unspecified atom stereocenters. The fraction of sp³-hybridized carbons (Fsp3) is 0.889. The number of nitrogens with two attached hydrogens (primary N) is 1. The largest absolute Gasteiger partial charge is 0.350 e. The van der Waals surface area contributed by atoms with Gasteiger partial charge in [0.25, 0.3) is 0 Å². The van der Waals surface area contributed by atoms with Crippen molar-refractivity contribution in [1.29, 1.82) is 0 Å². The van der Waals surface area contributed by atoms with E-state index >= 15 is 0 Å². The lowest BCUT2D eigenvalue weighted by Crippen LogP contribution is -2.45. The summed E-state index contributed by atoms with van der Waals surface area (Å²) in [6.45, 7) is 5.67. The van der Waals surface area contributed by atoms with E-state index in [1.165, 1.54) is 0 Å². The highest BCUT2D eigenvalue weighted by molar-refractivity contribution is 7.92. The van der Waals surface area contributed by atoms with Crippen molar-refractivity contribution in [2.24, 2.45) is 5.73 Å². The lowest BCUT2D eigenvalue weighted by molar-refractivity contribution is -0.120. The zero-order chi connectivity index (χ0) is 12.1. The second-order valence-corrected chi connectivity index (χ2v) is 6.35. The van der Waals surface area contributed by atoms with E-state index in [1.807, 2.05) is 20.8 Å². The summed E-state index contributed by atoms with van der Waals surface area (Å²) < 4.78 is 22.5. The van der Waals surface area contributed by atoms with Crippen LogP contribution in [0.25, 0.3) is 0 Å². The maximum Gasteiger partial charge on any atom is 0.235 e. The molecule has 6 heteroatoms. The number of carbonyl (C=O) groups is 1. The standard InChI is InChI=1S/C9H20N2O3S/c1-4-9(2,3)11-8(12)7-15(13,14)6-5-10/h4-7,10H2,1-3H3,(H,11,12). The number of rotatable bonds is 6. The van der Waals surface area contributed by atoms with Gasteiger partial charge in [0.15, 0.2) is 9.84 Å². The summed E-state index contributed by atoms with van der Waals surface area (Å²) in [5, 5.41) is 2.66. The van der Waals surface area contributed by atoms with Crippen LogP contribution in [-0.4, -0.2) is 37.9 Å². The molecule has 0 aliphatic carbocycles. The van der Waals surface area contributed by atoms with Gasteiger partial charge in [0.05, 0.1) is 5.75 Å². The molecule has 0 atom stereocenters. The predicted octanol–water partition coefficient (Wildman–Crippen LogP) is -0.335. The van der Waals surface area contributed by atoms with Crippen LogP contribution >= 0.6 is 0 Å². The van der Waals surface area contributed by atoms with Gasteiger partial charge in [-0.3, -0.25) is 4.79 Å². The molecule has 0 aromatic rings. The third kappa shape index (κ3) is 6.46. The molecule has 0 bridgehead atoms. The van der Waals surface area contributed by atoms with E-state index < -0.39 is 21.5 Å². The van der Waals surface area contributed by atoms with Gasteiger partial charge >= 0.3 is 0 Å². The number of hydrogen-bond donors (Lipinski definition) is 2. The summed E-state index contributed by atoms with van der Waals surface area (Å²) in [4.78, 5) is 11.4. The van der Waals surface area contributed by atoms with Crippen molar-refractivity contribution in [1.82, 2.24) is 5.32 Å². The van der Waals surface area contributed by atoms with Gasteiger partial charge in [-0.25, -0.2) is 8.42 Å². The lowest BCUT2D eigenvalue weighted by Gasteiger charge is -2.24. The fourth-order valence-corrected chi connectivity index (χ4v) is 1.93. The van der Waals surface area contributed by atoms with E-state index in [-0.39, 0.29) is 17.8 Å². The highest BCUT2D eigenvalue weighted by Crippen LogP contribution is 2.06. The average molecular weight is 236 g/mol. The van der Waals surface area contributed by atoms with Crippen molar-refractivity contribution < 1.29 is 13.2 Å². The summed E-state index contributed by atoms with van der Waals surface area (Å²) in [5.41, 5.74) is 4.77. The molecule has 0 radical (unpaired) electrons. The molecule has 0 saturated carbocycles. The molecular formula is C9H20N2O3S. The Labute approximate surface area is 91.3 Å². The first kappa shape index (κ1) is 14.4. The molecule has 3 N–H and O–H groups in total. The Morgan fingerprint density at radius 2 is 1.93 bits per heavy atom. The third-order valence-corrected chi connectivity index (χ3v) is 3.70. The molecule has 1 amide bonds. The summed E-state index contributed by atoms with van der Waals surface area (Å²) in [6.07, 6.45) is 0.746. The quantitative estimate of drug-likeness (QED) is 0.660. The van der Waals surface area contributed by atoms with E-state index in [1.54, 1.807) is 0 Å². The summed E-state index contributed by atoms with van der Waals surface area (Å²) in [6, 6.07) is 0. The minimum absolute atomic E-state index is 0.0484. The number of hydrogen-bond acceptors (Lipinski definition) is 4. The molecule has 0 fully saturated rings. The van der Waals surface area contributed by atoms with Gasteiger partial charge in [-0.15, -0.1) is 0 Å². The van der Waals surface area contributed by atoms with E-state index in [2.05, 4.69) is 5.32 Å². The lowest BCUT2D eigenvalue weighted by atomic mass is 10.0. The Hall–Kier alpha value is -0.620. The van der Waals surface area contributed by atoms with Gasteiger partial charge in [0, 0.05) is 12.1 Å². The fourth-order valence-electron chi connectivity index (χ4n) is 0.953. The Kier molecular flexibility index (Phi) is 5.23. The minimum atomic E-state index is -3.35. The Morgan fingerprint density at radius 1 is 1.40 bits per heavy atom. The molecular weight excluding hydrogens is 216 g/mol. The van der Waals surface area contributed by atoms with Gasteiger partial charge in [0.2, 0.25) is 5.91 Å². The first-order valence-electron chi connectivity index (χ1n) is 4.94. The van der Waals surface area contributed by atoms with Crippen LogP contribution in [-0.2, 0) is 14.6 Å². The zero-order valence-corrected chi connectivity index (χ0v) is 10.4. The highest BCUT2D eigenvalue weighted by Gasteiger charge is 2.21. The maximum absolute atomic E-state index is 11.4. The molecule has 0 aromatic carbocycles. The SMILES string of the molecule is CCC(C)(C)NC(=O)CS(=O)(=O)CCN. The summed E-state index contributed by atoms with van der Waals surface area (Å²) in [5.74, 6) is -1.09. The Bertz CT molecular complexity index is 309. The van der Waals surface area contributed by atoms with Crippen LogP contribution < -0.4 is 11.1 Å². The second-order valence-electron chi connectivity index (χ2n) is 4.17. The van der Waals surface area contributed by atoms with Crippen molar-refractivity contribution in [2.75, 3.05) is 18.1 Å². The van der Waals surface area contributed by atoms with E-state index in [4.69, 9.17) is 5.73 Å². The molecule has 0 aromatic heterocycles. The Balaban J connectivity index is 4.28. The van der Waals surface area contributed by atoms with Crippen LogP contribution in [0.1, 0.15) is 27.2 Å². The number of sulfone groups is 1. The summed E-state index contributed by atoms with van der Waals surface area (Å²) in [7, 11) is -3.35. The highest BCUT2D eigenvalue weighted by atomic mass is 32.2. The van der Waals surface area contributed by atoms with Crippen molar-refractivity contribution in [3.8, 4) is 0 Å². The van der Waals surface area contributed by atoms with E-state index in [9.17, 15) is 13.2 Å². The van der Waals surface area contributed by atoms with Crippen molar-refractivity contribution >= 4 is 15.7 Å². The maximum atomic E-state index is 11.4. The average Bonchev–Trinajstić information content (AvgIpc) is 2.01. The predicted molar refractivity (Wildman–Crippen MR) is 60.2 cm³/mol. The number of amides is 1. The molecule has 5 nitrogen and oxygen atoms in total. The monoisotopic (exact) mass is 236 g/mol. The third-order valence-electron chi connectivity index (χ3n) is 2.14. The van der Waals surface area contributed by atoms with Crippen molar-refractivity contribution in [3.05, 3.63) is 0 Å². The molecule has 15 heavy (non-hydrogen) atoms. The van der Waals surface area contributed by atoms with Crippen LogP contribution in [0.5, 0.6) is 0 Å². The van der Waals surface area contributed by atoms with Crippen LogP contribution in [0.4, 0.5) is 0 Å². The second kappa shape index (κ2) is 5.46. The topological polar surface area (TPSA) is 89.3 Å². The van der Waals surface area contributed by atoms with Crippen LogP contribution in [0.15, 0.2) is 0 Å². The van der Waals surface area contributed by atoms with Crippen LogP contribution in [0.3, 0.4) is 0 Å². The summed E-state index contributed by atoms with van der Waals surface area (Å²) >= 11 is 0. The molecule has 0 aliphatic rings. The molecule has 0 rings (SSSR count). The van der Waals surface area contributed by atoms with E-state index in [0.29, 0.717) is 0 Å². The van der Waals surface area contributed by atoms with E-state index in [0.717, 1.165) is 6.42 Å². The first-order valence-corrected chi connectivity index (χ1v) is 6.76.